The molecule has 0 spiro atoms. The second-order valence-corrected chi connectivity index (χ2v) is 8.24. The molecule has 114 valence electrons. The van der Waals surface area contributed by atoms with Crippen molar-refractivity contribution in [2.24, 2.45) is 5.92 Å². The molecule has 0 N–H and O–H groups in total. The van der Waals surface area contributed by atoms with Crippen LogP contribution in [0.15, 0.2) is 23.1 Å². The predicted octanol–water partition coefficient (Wildman–Crippen LogP) is 2.77. The van der Waals surface area contributed by atoms with Gasteiger partial charge in [0.05, 0.1) is 10.5 Å². The molecule has 0 aliphatic heterocycles. The van der Waals surface area contributed by atoms with Gasteiger partial charge in [-0.2, -0.15) is 0 Å². The van der Waals surface area contributed by atoms with Crippen molar-refractivity contribution in [2.75, 3.05) is 6.54 Å². The lowest BCUT2D eigenvalue weighted by atomic mass is 10.1. The van der Waals surface area contributed by atoms with Crippen LogP contribution in [0.5, 0.6) is 0 Å². The molecule has 2 fully saturated rings. The highest BCUT2D eigenvalue weighted by Gasteiger charge is 2.38. The maximum atomic E-state index is 13.4. The normalized spacial score (nSPS) is 18.6. The first kappa shape index (κ1) is 14.8. The molecule has 7 heteroatoms. The Morgan fingerprint density at radius 2 is 1.95 bits per heavy atom. The van der Waals surface area contributed by atoms with E-state index < -0.39 is 20.8 Å². The van der Waals surface area contributed by atoms with E-state index in [9.17, 15) is 17.6 Å². The van der Waals surface area contributed by atoms with E-state index in [1.54, 1.807) is 4.90 Å². The molecule has 2 aliphatic rings. The summed E-state index contributed by atoms with van der Waals surface area (Å²) >= 11 is 0. The van der Waals surface area contributed by atoms with Crippen LogP contribution in [0.4, 0.5) is 4.39 Å². The van der Waals surface area contributed by atoms with Crippen LogP contribution in [0.3, 0.4) is 0 Å². The maximum Gasteiger partial charge on any atom is 0.262 e. The van der Waals surface area contributed by atoms with Crippen molar-refractivity contribution >= 4 is 25.6 Å². The van der Waals surface area contributed by atoms with E-state index >= 15 is 0 Å². The zero-order chi connectivity index (χ0) is 15.2. The highest BCUT2D eigenvalue weighted by molar-refractivity contribution is 8.13. The Balaban J connectivity index is 1.97. The summed E-state index contributed by atoms with van der Waals surface area (Å²) in [6.07, 6.45) is 3.99. The van der Waals surface area contributed by atoms with Gasteiger partial charge in [0.25, 0.3) is 15.0 Å². The van der Waals surface area contributed by atoms with Crippen molar-refractivity contribution in [3.63, 3.8) is 0 Å². The largest absolute Gasteiger partial charge is 0.335 e. The summed E-state index contributed by atoms with van der Waals surface area (Å²) in [6.45, 7) is 0.613. The van der Waals surface area contributed by atoms with Crippen molar-refractivity contribution in [3.8, 4) is 0 Å². The van der Waals surface area contributed by atoms with Gasteiger partial charge in [-0.25, -0.2) is 12.8 Å². The Morgan fingerprint density at radius 1 is 1.29 bits per heavy atom. The molecule has 0 atom stereocenters. The fourth-order valence-electron chi connectivity index (χ4n) is 2.40. The molecule has 1 amide bonds. The fourth-order valence-corrected chi connectivity index (χ4v) is 3.44. The average Bonchev–Trinajstić information content (AvgIpc) is 3.25. The van der Waals surface area contributed by atoms with Crippen molar-refractivity contribution in [1.82, 2.24) is 4.90 Å². The first-order valence-electron chi connectivity index (χ1n) is 6.91. The number of nitrogens with zero attached hydrogens (tertiary/aromatic N) is 1. The molecule has 4 nitrogen and oxygen atoms in total. The quantitative estimate of drug-likeness (QED) is 0.780. The Bertz CT molecular complexity index is 683. The van der Waals surface area contributed by atoms with E-state index in [0.29, 0.717) is 12.5 Å². The summed E-state index contributed by atoms with van der Waals surface area (Å²) in [5.41, 5.74) is -0.169. The van der Waals surface area contributed by atoms with Crippen LogP contribution in [0, 0.1) is 11.7 Å². The number of hydrogen-bond acceptors (Lipinski definition) is 3. The second-order valence-electron chi connectivity index (χ2n) is 5.71. The molecule has 21 heavy (non-hydrogen) atoms. The van der Waals surface area contributed by atoms with Crippen LogP contribution in [-0.2, 0) is 9.05 Å². The molecule has 0 unspecified atom stereocenters. The number of hydrogen-bond donors (Lipinski definition) is 0. The second kappa shape index (κ2) is 5.25. The number of rotatable bonds is 5. The molecule has 0 bridgehead atoms. The number of carbonyl (C=O) groups excluding carboxylic acids is 1. The summed E-state index contributed by atoms with van der Waals surface area (Å²) in [7, 11) is 1.27. The van der Waals surface area contributed by atoms with E-state index in [1.165, 1.54) is 0 Å². The zero-order valence-electron chi connectivity index (χ0n) is 11.3. The van der Waals surface area contributed by atoms with Gasteiger partial charge in [-0.05, 0) is 49.8 Å². The number of amides is 1. The molecule has 0 aromatic heterocycles. The SMILES string of the molecule is O=C(c1cc(F)ccc1S(=O)(=O)Cl)N(CC1CC1)C1CC1. The Kier molecular flexibility index (Phi) is 3.69. The van der Waals surface area contributed by atoms with Crippen LogP contribution >= 0.6 is 10.7 Å². The third kappa shape index (κ3) is 3.37. The van der Waals surface area contributed by atoms with Crippen LogP contribution in [0.1, 0.15) is 36.0 Å². The summed E-state index contributed by atoms with van der Waals surface area (Å²) < 4.78 is 36.6. The first-order chi connectivity index (χ1) is 9.86. The molecular formula is C14H15ClFNO3S. The highest BCUT2D eigenvalue weighted by Crippen LogP contribution is 2.36. The van der Waals surface area contributed by atoms with Crippen LogP contribution in [-0.4, -0.2) is 31.8 Å². The van der Waals surface area contributed by atoms with Crippen LogP contribution in [0.25, 0.3) is 0 Å². The van der Waals surface area contributed by atoms with E-state index in [4.69, 9.17) is 10.7 Å². The van der Waals surface area contributed by atoms with E-state index in [1.807, 2.05) is 0 Å². The fraction of sp³-hybridized carbons (Fsp3) is 0.500. The van der Waals surface area contributed by atoms with Crippen molar-refractivity contribution in [2.45, 2.75) is 36.6 Å². The Hall–Kier alpha value is -1.14. The van der Waals surface area contributed by atoms with Crippen molar-refractivity contribution < 1.29 is 17.6 Å². The van der Waals surface area contributed by atoms with Gasteiger partial charge in [-0.15, -0.1) is 0 Å². The Morgan fingerprint density at radius 3 is 2.48 bits per heavy atom. The molecule has 0 radical (unpaired) electrons. The van der Waals surface area contributed by atoms with E-state index in [-0.39, 0.29) is 16.5 Å². The van der Waals surface area contributed by atoms with Gasteiger partial charge in [0.1, 0.15) is 5.82 Å². The molecule has 3 rings (SSSR count). The topological polar surface area (TPSA) is 54.5 Å². The highest BCUT2D eigenvalue weighted by atomic mass is 35.7. The molecular weight excluding hydrogens is 317 g/mol. The molecule has 2 saturated carbocycles. The minimum atomic E-state index is -4.09. The summed E-state index contributed by atoms with van der Waals surface area (Å²) in [4.78, 5) is 14.0. The van der Waals surface area contributed by atoms with Gasteiger partial charge in [-0.3, -0.25) is 4.79 Å². The third-order valence-corrected chi connectivity index (χ3v) is 5.22. The van der Waals surface area contributed by atoms with Gasteiger partial charge in [-0.1, -0.05) is 0 Å². The van der Waals surface area contributed by atoms with Crippen molar-refractivity contribution in [1.29, 1.82) is 0 Å². The minimum Gasteiger partial charge on any atom is -0.335 e. The smallest absolute Gasteiger partial charge is 0.262 e. The molecule has 2 aliphatic carbocycles. The van der Waals surface area contributed by atoms with E-state index in [2.05, 4.69) is 0 Å². The first-order valence-corrected chi connectivity index (χ1v) is 9.22. The lowest BCUT2D eigenvalue weighted by Crippen LogP contribution is -2.35. The van der Waals surface area contributed by atoms with Crippen LogP contribution in [0.2, 0.25) is 0 Å². The van der Waals surface area contributed by atoms with Gasteiger partial charge in [0.2, 0.25) is 0 Å². The van der Waals surface area contributed by atoms with Gasteiger partial charge < -0.3 is 4.90 Å². The maximum absolute atomic E-state index is 13.4. The third-order valence-electron chi connectivity index (χ3n) is 3.84. The van der Waals surface area contributed by atoms with Crippen molar-refractivity contribution in [3.05, 3.63) is 29.6 Å². The molecule has 1 aromatic carbocycles. The molecule has 1 aromatic rings. The minimum absolute atomic E-state index is 0.146. The molecule has 0 heterocycles. The number of halogens is 2. The van der Waals surface area contributed by atoms with Gasteiger partial charge in [0, 0.05) is 23.3 Å². The van der Waals surface area contributed by atoms with E-state index in [0.717, 1.165) is 43.9 Å². The standard InChI is InChI=1S/C14H15ClFNO3S/c15-21(19,20)13-6-3-10(16)7-12(13)14(18)17(11-4-5-11)8-9-1-2-9/h3,6-7,9,11H,1-2,4-5,8H2. The summed E-state index contributed by atoms with van der Waals surface area (Å²) in [5, 5.41) is 0. The molecule has 0 saturated heterocycles. The van der Waals surface area contributed by atoms with Gasteiger partial charge >= 0.3 is 0 Å². The number of benzene rings is 1. The lowest BCUT2D eigenvalue weighted by Gasteiger charge is -2.23. The van der Waals surface area contributed by atoms with Gasteiger partial charge in [0.15, 0.2) is 0 Å². The monoisotopic (exact) mass is 331 g/mol. The Labute approximate surface area is 127 Å². The average molecular weight is 332 g/mol. The lowest BCUT2D eigenvalue weighted by molar-refractivity contribution is 0.0730. The number of carbonyl (C=O) groups is 1. The predicted molar refractivity (Wildman–Crippen MR) is 76.2 cm³/mol. The zero-order valence-corrected chi connectivity index (χ0v) is 12.8. The van der Waals surface area contributed by atoms with Crippen LogP contribution < -0.4 is 0 Å². The summed E-state index contributed by atoms with van der Waals surface area (Å²) in [5.74, 6) is -0.605. The summed E-state index contributed by atoms with van der Waals surface area (Å²) in [6, 6.07) is 3.15.